The first kappa shape index (κ1) is 11.8. The molecule has 1 fully saturated rings. The van der Waals surface area contributed by atoms with E-state index in [1.807, 2.05) is 6.08 Å². The van der Waals surface area contributed by atoms with Crippen molar-refractivity contribution >= 4 is 0 Å². The monoisotopic (exact) mass is 196 g/mol. The molecule has 0 saturated heterocycles. The van der Waals surface area contributed by atoms with Crippen LogP contribution in [0.4, 0.5) is 0 Å². The van der Waals surface area contributed by atoms with Crippen LogP contribution < -0.4 is 0 Å². The molecule has 1 aliphatic rings. The lowest BCUT2D eigenvalue weighted by atomic mass is 9.75. The molecule has 0 heterocycles. The summed E-state index contributed by atoms with van der Waals surface area (Å²) in [4.78, 5) is 0. The molecule has 0 aromatic rings. The van der Waals surface area contributed by atoms with E-state index in [-0.39, 0.29) is 0 Å². The zero-order valence-electron chi connectivity index (χ0n) is 9.83. The van der Waals surface area contributed by atoms with Gasteiger partial charge in [-0.05, 0) is 30.6 Å². The van der Waals surface area contributed by atoms with Crippen molar-refractivity contribution in [3.05, 3.63) is 12.7 Å². The second kappa shape index (κ2) is 5.55. The molecule has 1 nitrogen and oxygen atoms in total. The molecule has 82 valence electrons. The third-order valence-corrected chi connectivity index (χ3v) is 3.39. The Balaban J connectivity index is 2.49. The van der Waals surface area contributed by atoms with Gasteiger partial charge in [-0.25, -0.2) is 0 Å². The Labute approximate surface area is 88.5 Å². The predicted octanol–water partition coefficient (Wildman–Crippen LogP) is 3.65. The SMILES string of the molecule is C=CCO[C@H]1C[C@@H](C)CC[C@@H]1C(C)C. The van der Waals surface area contributed by atoms with E-state index >= 15 is 0 Å². The molecular weight excluding hydrogens is 172 g/mol. The third kappa shape index (κ3) is 3.13. The summed E-state index contributed by atoms with van der Waals surface area (Å²) in [5, 5.41) is 0. The molecule has 1 rings (SSSR count). The normalized spacial score (nSPS) is 33.3. The number of ether oxygens (including phenoxy) is 1. The van der Waals surface area contributed by atoms with Gasteiger partial charge in [0.05, 0.1) is 12.7 Å². The minimum atomic E-state index is 0.469. The highest BCUT2D eigenvalue weighted by Crippen LogP contribution is 2.35. The van der Waals surface area contributed by atoms with E-state index in [0.717, 1.165) is 17.8 Å². The van der Waals surface area contributed by atoms with Gasteiger partial charge in [0.25, 0.3) is 0 Å². The molecule has 0 radical (unpaired) electrons. The van der Waals surface area contributed by atoms with Gasteiger partial charge in [0.15, 0.2) is 0 Å². The maximum absolute atomic E-state index is 5.86. The van der Waals surface area contributed by atoms with Crippen molar-refractivity contribution in [2.24, 2.45) is 17.8 Å². The van der Waals surface area contributed by atoms with E-state index in [9.17, 15) is 0 Å². The Kier molecular flexibility index (Phi) is 4.67. The van der Waals surface area contributed by atoms with Gasteiger partial charge < -0.3 is 4.74 Å². The standard InChI is InChI=1S/C13H24O/c1-5-8-14-13-9-11(4)6-7-12(13)10(2)3/h5,10-13H,1,6-9H2,2-4H3/t11-,12+,13-/m0/s1. The van der Waals surface area contributed by atoms with Crippen LogP contribution >= 0.6 is 0 Å². The quantitative estimate of drug-likeness (QED) is 0.624. The van der Waals surface area contributed by atoms with Crippen molar-refractivity contribution in [1.82, 2.24) is 0 Å². The summed E-state index contributed by atoms with van der Waals surface area (Å²) in [6.07, 6.45) is 6.27. The average molecular weight is 196 g/mol. The molecule has 1 heteroatoms. The summed E-state index contributed by atoms with van der Waals surface area (Å²) in [7, 11) is 0. The second-order valence-corrected chi connectivity index (χ2v) is 4.99. The summed E-state index contributed by atoms with van der Waals surface area (Å²) in [6.45, 7) is 11.4. The van der Waals surface area contributed by atoms with Gasteiger partial charge in [-0.15, -0.1) is 6.58 Å². The van der Waals surface area contributed by atoms with E-state index in [1.165, 1.54) is 19.3 Å². The van der Waals surface area contributed by atoms with Crippen molar-refractivity contribution in [2.45, 2.75) is 46.1 Å². The first-order chi connectivity index (χ1) is 6.65. The van der Waals surface area contributed by atoms with Gasteiger partial charge in [-0.3, -0.25) is 0 Å². The second-order valence-electron chi connectivity index (χ2n) is 4.99. The largest absolute Gasteiger partial charge is 0.374 e. The molecule has 0 aromatic heterocycles. The number of rotatable bonds is 4. The molecule has 1 aliphatic carbocycles. The van der Waals surface area contributed by atoms with E-state index < -0.39 is 0 Å². The zero-order valence-corrected chi connectivity index (χ0v) is 9.83. The molecule has 0 N–H and O–H groups in total. The van der Waals surface area contributed by atoms with E-state index in [4.69, 9.17) is 4.74 Å². The fourth-order valence-electron chi connectivity index (χ4n) is 2.50. The Bertz CT molecular complexity index is 174. The topological polar surface area (TPSA) is 9.23 Å². The van der Waals surface area contributed by atoms with Crippen LogP contribution in [0.2, 0.25) is 0 Å². The van der Waals surface area contributed by atoms with Gasteiger partial charge in [0, 0.05) is 0 Å². The van der Waals surface area contributed by atoms with Crippen molar-refractivity contribution in [2.75, 3.05) is 6.61 Å². The van der Waals surface area contributed by atoms with Crippen molar-refractivity contribution in [3.63, 3.8) is 0 Å². The van der Waals surface area contributed by atoms with Crippen LogP contribution in [0.25, 0.3) is 0 Å². The van der Waals surface area contributed by atoms with Crippen LogP contribution in [0.15, 0.2) is 12.7 Å². The van der Waals surface area contributed by atoms with Gasteiger partial charge in [-0.2, -0.15) is 0 Å². The van der Waals surface area contributed by atoms with E-state index in [2.05, 4.69) is 27.4 Å². The summed E-state index contributed by atoms with van der Waals surface area (Å²) in [5.41, 5.74) is 0. The van der Waals surface area contributed by atoms with Crippen LogP contribution in [-0.2, 0) is 4.74 Å². The molecular formula is C13H24O. The first-order valence-electron chi connectivity index (χ1n) is 5.87. The molecule has 0 unspecified atom stereocenters. The summed E-state index contributed by atoms with van der Waals surface area (Å²) in [5.74, 6) is 2.34. The van der Waals surface area contributed by atoms with Crippen LogP contribution in [-0.4, -0.2) is 12.7 Å². The van der Waals surface area contributed by atoms with Crippen molar-refractivity contribution in [3.8, 4) is 0 Å². The van der Waals surface area contributed by atoms with Crippen LogP contribution in [0.3, 0.4) is 0 Å². The molecule has 0 spiro atoms. The molecule has 3 atom stereocenters. The molecule has 0 amide bonds. The molecule has 0 aliphatic heterocycles. The van der Waals surface area contributed by atoms with Gasteiger partial charge >= 0.3 is 0 Å². The minimum absolute atomic E-state index is 0.469. The minimum Gasteiger partial charge on any atom is -0.374 e. The Hall–Kier alpha value is -0.300. The van der Waals surface area contributed by atoms with Crippen LogP contribution in [0.5, 0.6) is 0 Å². The highest BCUT2D eigenvalue weighted by Gasteiger charge is 2.30. The van der Waals surface area contributed by atoms with Gasteiger partial charge in [0.2, 0.25) is 0 Å². The van der Waals surface area contributed by atoms with Crippen LogP contribution in [0.1, 0.15) is 40.0 Å². The molecule has 14 heavy (non-hydrogen) atoms. The lowest BCUT2D eigenvalue weighted by Crippen LogP contribution is -2.34. The summed E-state index contributed by atoms with van der Waals surface area (Å²) >= 11 is 0. The predicted molar refractivity (Wildman–Crippen MR) is 61.3 cm³/mol. The highest BCUT2D eigenvalue weighted by atomic mass is 16.5. The van der Waals surface area contributed by atoms with E-state index in [1.54, 1.807) is 0 Å². The molecule has 0 bridgehead atoms. The van der Waals surface area contributed by atoms with Crippen molar-refractivity contribution in [1.29, 1.82) is 0 Å². The Morgan fingerprint density at radius 2 is 2.14 bits per heavy atom. The Morgan fingerprint density at radius 3 is 2.71 bits per heavy atom. The Morgan fingerprint density at radius 1 is 1.43 bits per heavy atom. The third-order valence-electron chi connectivity index (χ3n) is 3.39. The zero-order chi connectivity index (χ0) is 10.6. The summed E-state index contributed by atoms with van der Waals surface area (Å²) in [6, 6.07) is 0. The lowest BCUT2D eigenvalue weighted by molar-refractivity contribution is -0.0261. The number of hydrogen-bond donors (Lipinski definition) is 0. The van der Waals surface area contributed by atoms with Gasteiger partial charge in [-0.1, -0.05) is 33.3 Å². The van der Waals surface area contributed by atoms with E-state index in [0.29, 0.717) is 12.7 Å². The smallest absolute Gasteiger partial charge is 0.0648 e. The average Bonchev–Trinajstić information content (AvgIpc) is 2.14. The first-order valence-corrected chi connectivity index (χ1v) is 5.87. The van der Waals surface area contributed by atoms with Gasteiger partial charge in [0.1, 0.15) is 0 Å². The molecule has 1 saturated carbocycles. The fraction of sp³-hybridized carbons (Fsp3) is 0.846. The lowest BCUT2D eigenvalue weighted by Gasteiger charge is -2.36. The maximum Gasteiger partial charge on any atom is 0.0648 e. The summed E-state index contributed by atoms with van der Waals surface area (Å²) < 4.78 is 5.86. The maximum atomic E-state index is 5.86. The molecule has 0 aromatic carbocycles. The van der Waals surface area contributed by atoms with Crippen LogP contribution in [0, 0.1) is 17.8 Å². The fourth-order valence-corrected chi connectivity index (χ4v) is 2.50. The highest BCUT2D eigenvalue weighted by molar-refractivity contribution is 4.82. The van der Waals surface area contributed by atoms with Crippen molar-refractivity contribution < 1.29 is 4.74 Å². The number of hydrogen-bond acceptors (Lipinski definition) is 1.